The molecule has 0 saturated carbocycles. The smallest absolute Gasteiger partial charge is 0.278 e. The Balaban J connectivity index is 2.54. The molecule has 0 aromatic carbocycles. The van der Waals surface area contributed by atoms with E-state index in [-0.39, 0.29) is 5.54 Å². The lowest BCUT2D eigenvalue weighted by Crippen LogP contribution is -2.56. The highest BCUT2D eigenvalue weighted by Gasteiger charge is 2.29. The summed E-state index contributed by atoms with van der Waals surface area (Å²) < 4.78 is 32.3. The SMILES string of the molecule is CN(C)S(=O)(=O)NCC(C)(C)N1CCOCC1. The molecule has 1 aliphatic heterocycles. The molecule has 1 saturated heterocycles. The lowest BCUT2D eigenvalue weighted by molar-refractivity contribution is -0.00810. The molecule has 0 aromatic rings. The number of nitrogens with one attached hydrogen (secondary N) is 1. The summed E-state index contributed by atoms with van der Waals surface area (Å²) in [6.45, 7) is 7.58. The van der Waals surface area contributed by atoms with E-state index < -0.39 is 10.2 Å². The van der Waals surface area contributed by atoms with Crippen molar-refractivity contribution in [2.24, 2.45) is 0 Å². The summed E-state index contributed by atoms with van der Waals surface area (Å²) in [4.78, 5) is 2.24. The van der Waals surface area contributed by atoms with Crippen LogP contribution in [0.3, 0.4) is 0 Å². The van der Waals surface area contributed by atoms with Crippen molar-refractivity contribution in [1.82, 2.24) is 13.9 Å². The lowest BCUT2D eigenvalue weighted by Gasteiger charge is -2.40. The molecular formula is C10H23N3O3S. The van der Waals surface area contributed by atoms with E-state index in [4.69, 9.17) is 4.74 Å². The third-order valence-electron chi connectivity index (χ3n) is 3.04. The van der Waals surface area contributed by atoms with E-state index in [0.717, 1.165) is 13.1 Å². The maximum atomic E-state index is 11.6. The predicted molar refractivity (Wildman–Crippen MR) is 67.1 cm³/mol. The zero-order chi connectivity index (χ0) is 13.1. The van der Waals surface area contributed by atoms with Gasteiger partial charge in [-0.2, -0.15) is 12.7 Å². The largest absolute Gasteiger partial charge is 0.379 e. The number of hydrogen-bond acceptors (Lipinski definition) is 4. The van der Waals surface area contributed by atoms with Crippen LogP contribution in [0.5, 0.6) is 0 Å². The van der Waals surface area contributed by atoms with Crippen molar-refractivity contribution in [1.29, 1.82) is 0 Å². The van der Waals surface area contributed by atoms with Crippen molar-refractivity contribution in [3.05, 3.63) is 0 Å². The van der Waals surface area contributed by atoms with Crippen molar-refractivity contribution in [3.8, 4) is 0 Å². The maximum absolute atomic E-state index is 11.6. The molecule has 1 rings (SSSR count). The van der Waals surface area contributed by atoms with E-state index in [1.807, 2.05) is 13.8 Å². The third kappa shape index (κ3) is 4.18. The van der Waals surface area contributed by atoms with Gasteiger partial charge in [0, 0.05) is 39.3 Å². The molecule has 7 heteroatoms. The molecule has 0 unspecified atom stereocenters. The molecule has 17 heavy (non-hydrogen) atoms. The summed E-state index contributed by atoms with van der Waals surface area (Å²) in [5.41, 5.74) is -0.202. The van der Waals surface area contributed by atoms with E-state index in [2.05, 4.69) is 9.62 Å². The molecule has 1 heterocycles. The van der Waals surface area contributed by atoms with Gasteiger partial charge in [0.2, 0.25) is 0 Å². The Bertz CT molecular complexity index is 335. The van der Waals surface area contributed by atoms with E-state index in [0.29, 0.717) is 19.8 Å². The van der Waals surface area contributed by atoms with E-state index >= 15 is 0 Å². The summed E-state index contributed by atoms with van der Waals surface area (Å²) in [6.07, 6.45) is 0. The van der Waals surface area contributed by atoms with Crippen LogP contribution in [-0.2, 0) is 14.9 Å². The van der Waals surface area contributed by atoms with E-state index in [1.165, 1.54) is 18.4 Å². The fourth-order valence-corrected chi connectivity index (χ4v) is 2.47. The van der Waals surface area contributed by atoms with E-state index in [1.54, 1.807) is 0 Å². The first kappa shape index (κ1) is 14.8. The van der Waals surface area contributed by atoms with Crippen LogP contribution >= 0.6 is 0 Å². The van der Waals surface area contributed by atoms with Gasteiger partial charge in [-0.25, -0.2) is 4.72 Å². The number of rotatable bonds is 5. The minimum absolute atomic E-state index is 0.202. The Morgan fingerprint density at radius 2 is 1.82 bits per heavy atom. The highest BCUT2D eigenvalue weighted by atomic mass is 32.2. The second kappa shape index (κ2) is 5.62. The molecule has 0 spiro atoms. The highest BCUT2D eigenvalue weighted by molar-refractivity contribution is 7.87. The molecule has 1 N–H and O–H groups in total. The summed E-state index contributed by atoms with van der Waals surface area (Å²) in [5.74, 6) is 0. The molecule has 6 nitrogen and oxygen atoms in total. The van der Waals surface area contributed by atoms with Gasteiger partial charge in [0.15, 0.2) is 0 Å². The normalized spacial score (nSPS) is 19.8. The molecule has 1 fully saturated rings. The average Bonchev–Trinajstić information content (AvgIpc) is 2.28. The molecule has 0 atom stereocenters. The molecule has 102 valence electrons. The Morgan fingerprint density at radius 1 is 1.29 bits per heavy atom. The summed E-state index contributed by atoms with van der Waals surface area (Å²) in [6, 6.07) is 0. The molecule has 0 bridgehead atoms. The maximum Gasteiger partial charge on any atom is 0.278 e. The van der Waals surface area contributed by atoms with E-state index in [9.17, 15) is 8.42 Å². The average molecular weight is 265 g/mol. The molecule has 0 aromatic heterocycles. The summed E-state index contributed by atoms with van der Waals surface area (Å²) in [5, 5.41) is 0. The zero-order valence-corrected chi connectivity index (χ0v) is 11.9. The van der Waals surface area contributed by atoms with Crippen molar-refractivity contribution < 1.29 is 13.2 Å². The van der Waals surface area contributed by atoms with Crippen molar-refractivity contribution in [3.63, 3.8) is 0 Å². The Hall–Kier alpha value is -0.210. The zero-order valence-electron chi connectivity index (χ0n) is 11.1. The second-order valence-corrected chi connectivity index (χ2v) is 6.99. The second-order valence-electron chi connectivity index (χ2n) is 5.02. The first-order chi connectivity index (χ1) is 7.76. The van der Waals surface area contributed by atoms with Gasteiger partial charge >= 0.3 is 0 Å². The monoisotopic (exact) mass is 265 g/mol. The first-order valence-corrected chi connectivity index (χ1v) is 7.20. The Morgan fingerprint density at radius 3 is 2.29 bits per heavy atom. The Kier molecular flexibility index (Phi) is 4.91. The highest BCUT2D eigenvalue weighted by Crippen LogP contribution is 2.15. The standard InChI is InChI=1S/C10H23N3O3S/c1-10(2,13-5-7-16-8-6-13)9-11-17(14,15)12(3)4/h11H,5-9H2,1-4H3. The van der Waals surface area contributed by atoms with Crippen LogP contribution in [0.2, 0.25) is 0 Å². The lowest BCUT2D eigenvalue weighted by atomic mass is 10.0. The van der Waals surface area contributed by atoms with Crippen LogP contribution in [0.25, 0.3) is 0 Å². The fourth-order valence-electron chi connectivity index (χ4n) is 1.68. The fraction of sp³-hybridized carbons (Fsp3) is 1.00. The van der Waals surface area contributed by atoms with Gasteiger partial charge in [-0.05, 0) is 13.8 Å². The van der Waals surface area contributed by atoms with Crippen LogP contribution in [0.4, 0.5) is 0 Å². The predicted octanol–water partition coefficient (Wildman–Crippen LogP) is -0.507. The summed E-state index contributed by atoms with van der Waals surface area (Å²) >= 11 is 0. The van der Waals surface area contributed by atoms with Crippen LogP contribution in [0.1, 0.15) is 13.8 Å². The first-order valence-electron chi connectivity index (χ1n) is 5.75. The van der Waals surface area contributed by atoms with Crippen molar-refractivity contribution in [2.75, 3.05) is 46.9 Å². The number of ether oxygens (including phenoxy) is 1. The summed E-state index contributed by atoms with van der Waals surface area (Å²) in [7, 11) is -0.309. The van der Waals surface area contributed by atoms with Gasteiger partial charge in [-0.3, -0.25) is 4.90 Å². The van der Waals surface area contributed by atoms with Gasteiger partial charge < -0.3 is 4.74 Å². The number of nitrogens with zero attached hydrogens (tertiary/aromatic N) is 2. The van der Waals surface area contributed by atoms with Crippen LogP contribution in [0.15, 0.2) is 0 Å². The minimum Gasteiger partial charge on any atom is -0.379 e. The van der Waals surface area contributed by atoms with Gasteiger partial charge in [0.05, 0.1) is 13.2 Å². The minimum atomic E-state index is -3.34. The molecule has 0 radical (unpaired) electrons. The van der Waals surface area contributed by atoms with Gasteiger partial charge in [0.1, 0.15) is 0 Å². The molecule has 0 aliphatic carbocycles. The van der Waals surface area contributed by atoms with Gasteiger partial charge in [-0.1, -0.05) is 0 Å². The molecule has 0 amide bonds. The van der Waals surface area contributed by atoms with Crippen LogP contribution < -0.4 is 4.72 Å². The van der Waals surface area contributed by atoms with Crippen LogP contribution in [0, 0.1) is 0 Å². The van der Waals surface area contributed by atoms with Crippen LogP contribution in [-0.4, -0.2) is 70.1 Å². The third-order valence-corrected chi connectivity index (χ3v) is 4.51. The molecular weight excluding hydrogens is 242 g/mol. The van der Waals surface area contributed by atoms with Gasteiger partial charge in [-0.15, -0.1) is 0 Å². The Labute approximate surface area is 104 Å². The number of morpholine rings is 1. The van der Waals surface area contributed by atoms with Gasteiger partial charge in [0.25, 0.3) is 10.2 Å². The topological polar surface area (TPSA) is 61.9 Å². The van der Waals surface area contributed by atoms with Crippen molar-refractivity contribution >= 4 is 10.2 Å². The number of hydrogen-bond donors (Lipinski definition) is 1. The molecule has 1 aliphatic rings. The quantitative estimate of drug-likeness (QED) is 0.727. The van der Waals surface area contributed by atoms with Crippen molar-refractivity contribution in [2.45, 2.75) is 19.4 Å².